The zero-order valence-corrected chi connectivity index (χ0v) is 24.9. The van der Waals surface area contributed by atoms with Crippen LogP contribution in [0.2, 0.25) is 0 Å². The van der Waals surface area contributed by atoms with Crippen molar-refractivity contribution in [3.63, 3.8) is 0 Å². The number of carbonyl (C=O) groups is 1. The average molecular weight is 572 g/mol. The molecule has 1 aromatic heterocycles. The molecule has 1 fully saturated rings. The molecule has 1 unspecified atom stereocenters. The number of hydrogen-bond acceptors (Lipinski definition) is 4. The molecule has 3 aromatic carbocycles. The Balaban J connectivity index is 0.000000328. The maximum absolute atomic E-state index is 13.3. The highest BCUT2D eigenvalue weighted by atomic mass is 16.5. The van der Waals surface area contributed by atoms with Crippen LogP contribution in [-0.4, -0.2) is 28.3 Å². The van der Waals surface area contributed by atoms with E-state index in [0.29, 0.717) is 0 Å². The summed E-state index contributed by atoms with van der Waals surface area (Å²) in [5.74, 6) is 0.940. The molecule has 0 saturated heterocycles. The van der Waals surface area contributed by atoms with Gasteiger partial charge in [0.25, 0.3) is 11.5 Å². The van der Waals surface area contributed by atoms with Crippen LogP contribution < -0.4 is 25.6 Å². The summed E-state index contributed by atoms with van der Waals surface area (Å²) in [6.07, 6.45) is 12.6. The van der Waals surface area contributed by atoms with E-state index in [1.807, 2.05) is 13.8 Å². The van der Waals surface area contributed by atoms with Crippen molar-refractivity contribution in [3.05, 3.63) is 120 Å². The second kappa shape index (κ2) is 11.3. The fourth-order valence-corrected chi connectivity index (χ4v) is 7.26. The maximum atomic E-state index is 13.3. The highest BCUT2D eigenvalue weighted by Crippen LogP contribution is 2.41. The second-order valence-electron chi connectivity index (χ2n) is 12.2. The van der Waals surface area contributed by atoms with Crippen molar-refractivity contribution in [2.45, 2.75) is 77.4 Å². The van der Waals surface area contributed by atoms with Gasteiger partial charge in [0.15, 0.2) is 6.10 Å². The lowest BCUT2D eigenvalue weighted by Crippen LogP contribution is -2.49. The Hall–Kier alpha value is -4.45. The van der Waals surface area contributed by atoms with E-state index >= 15 is 0 Å². The number of ether oxygens (including phenoxy) is 1. The smallest absolute Gasteiger partial charge is 0.268 e. The first-order chi connectivity index (χ1) is 21.0. The second-order valence-corrected chi connectivity index (χ2v) is 12.2. The number of hydrogen-bond donors (Lipinski definition) is 1. The minimum absolute atomic E-state index is 0.102. The lowest BCUT2D eigenvalue weighted by atomic mass is 9.84. The Bertz CT molecular complexity index is 2010. The van der Waals surface area contributed by atoms with Gasteiger partial charge < -0.3 is 9.64 Å². The summed E-state index contributed by atoms with van der Waals surface area (Å²) in [5, 5.41) is 11.2. The largest absolute Gasteiger partial charge is 0.479 e. The Labute approximate surface area is 251 Å². The van der Waals surface area contributed by atoms with E-state index in [9.17, 15) is 9.59 Å². The Kier molecular flexibility index (Phi) is 7.21. The van der Waals surface area contributed by atoms with Crippen molar-refractivity contribution < 1.29 is 9.53 Å². The summed E-state index contributed by atoms with van der Waals surface area (Å²) >= 11 is 0. The van der Waals surface area contributed by atoms with Gasteiger partial charge in [0.1, 0.15) is 5.75 Å². The topological polar surface area (TPSA) is 75.3 Å². The van der Waals surface area contributed by atoms with E-state index in [0.717, 1.165) is 42.7 Å². The lowest BCUT2D eigenvalue weighted by Gasteiger charge is -2.37. The molecule has 8 rings (SSSR count). The number of anilines is 1. The van der Waals surface area contributed by atoms with Crippen molar-refractivity contribution >= 4 is 23.2 Å². The van der Waals surface area contributed by atoms with Gasteiger partial charge in [-0.15, -0.1) is 0 Å². The number of amides is 1. The number of aryl methyl sites for hydroxylation is 1. The van der Waals surface area contributed by atoms with Crippen LogP contribution in [0.3, 0.4) is 0 Å². The van der Waals surface area contributed by atoms with Crippen LogP contribution in [0.15, 0.2) is 71.7 Å². The molecule has 4 aromatic rings. The first kappa shape index (κ1) is 27.4. The third-order valence-electron chi connectivity index (χ3n) is 9.31. The van der Waals surface area contributed by atoms with E-state index in [4.69, 9.17) is 4.74 Å². The summed E-state index contributed by atoms with van der Waals surface area (Å²) in [5.41, 5.74) is 7.26. The summed E-state index contributed by atoms with van der Waals surface area (Å²) in [4.78, 5) is 25.7. The molecule has 0 spiro atoms. The summed E-state index contributed by atoms with van der Waals surface area (Å²) in [6.45, 7) is 3.70. The number of nitrogens with one attached hydrogen (secondary N) is 1. The van der Waals surface area contributed by atoms with Crippen molar-refractivity contribution in [1.82, 2.24) is 10.2 Å². The number of benzene rings is 3. The molecule has 1 amide bonds. The van der Waals surface area contributed by atoms with Gasteiger partial charge in [-0.25, -0.2) is 5.10 Å². The predicted octanol–water partition coefficient (Wildman–Crippen LogP) is 4.98. The standard InChI is InChI=1S/C32H31NO2.C5H6N2O/c1-20-32(34)33(23-9-3-4-10-23)30-18-22(15-17-31(30)35-20)28-19-29-24-11-5-2-8-21(24)14-16-27(29)25-12-6-7-13-26(25)28;1-4-2-5(8)7-6-3-4/h6-8,12-18,20,23H,2-5,9-11,19H2,1H3;2-3H,1H3,(H,7,8). The molecule has 43 heavy (non-hydrogen) atoms. The van der Waals surface area contributed by atoms with Gasteiger partial charge in [-0.05, 0) is 113 Å². The molecule has 1 N–H and O–H groups in total. The van der Waals surface area contributed by atoms with Gasteiger partial charge in [0, 0.05) is 12.1 Å². The van der Waals surface area contributed by atoms with Gasteiger partial charge in [-0.3, -0.25) is 9.59 Å². The molecule has 0 bridgehead atoms. The van der Waals surface area contributed by atoms with Crippen LogP contribution in [0, 0.1) is 17.4 Å². The van der Waals surface area contributed by atoms with Crippen molar-refractivity contribution in [1.29, 1.82) is 0 Å². The third kappa shape index (κ3) is 5.09. The molecule has 218 valence electrons. The number of H-pyrrole nitrogens is 1. The Morgan fingerprint density at radius 3 is 2.49 bits per heavy atom. The molecule has 2 heterocycles. The van der Waals surface area contributed by atoms with Gasteiger partial charge in [0.2, 0.25) is 0 Å². The molecule has 0 radical (unpaired) electrons. The molecule has 3 aliphatic carbocycles. The number of aromatic nitrogens is 2. The zero-order chi connectivity index (χ0) is 29.5. The van der Waals surface area contributed by atoms with Crippen LogP contribution in [0.4, 0.5) is 5.69 Å². The molecular formula is C37H37N3O3. The van der Waals surface area contributed by atoms with Gasteiger partial charge in [0.05, 0.1) is 11.9 Å². The SMILES string of the molecule is CC1Oc2ccc(C3=c4ccccc4=c4ccc5c(c4C3)CCCC=5)cc2N(C2CCCC2)C1=O.Cc1cn[nH]c(=O)c1. The lowest BCUT2D eigenvalue weighted by molar-refractivity contribution is -0.126. The highest BCUT2D eigenvalue weighted by molar-refractivity contribution is 6.01. The Morgan fingerprint density at radius 2 is 1.72 bits per heavy atom. The van der Waals surface area contributed by atoms with E-state index in [-0.39, 0.29) is 17.5 Å². The van der Waals surface area contributed by atoms with E-state index in [1.165, 1.54) is 74.9 Å². The Morgan fingerprint density at radius 1 is 0.907 bits per heavy atom. The quantitative estimate of drug-likeness (QED) is 0.368. The monoisotopic (exact) mass is 571 g/mol. The molecule has 6 nitrogen and oxygen atoms in total. The molecule has 1 saturated carbocycles. The van der Waals surface area contributed by atoms with Crippen molar-refractivity contribution in [3.8, 4) is 5.75 Å². The fourth-order valence-electron chi connectivity index (χ4n) is 7.26. The summed E-state index contributed by atoms with van der Waals surface area (Å²) < 4.78 is 6.07. The fraction of sp³-hybridized carbons (Fsp3) is 0.324. The molecule has 6 heteroatoms. The molecule has 1 atom stereocenters. The number of nitrogens with zero attached hydrogens (tertiary/aromatic N) is 2. The number of aromatic amines is 1. The minimum atomic E-state index is -0.424. The van der Waals surface area contributed by atoms with E-state index in [2.05, 4.69) is 75.8 Å². The number of fused-ring (bicyclic) bond motifs is 5. The van der Waals surface area contributed by atoms with Crippen LogP contribution in [0.5, 0.6) is 5.75 Å². The summed E-state index contributed by atoms with van der Waals surface area (Å²) in [7, 11) is 0. The number of carbonyl (C=O) groups excluding carboxylic acids is 1. The molecule has 1 aliphatic heterocycles. The maximum Gasteiger partial charge on any atom is 0.268 e. The average Bonchev–Trinajstić information content (AvgIpc) is 3.56. The number of rotatable bonds is 2. The van der Waals surface area contributed by atoms with Gasteiger partial charge in [-0.2, -0.15) is 5.10 Å². The first-order valence-electron chi connectivity index (χ1n) is 15.6. The molecular weight excluding hydrogens is 534 g/mol. The first-order valence-corrected chi connectivity index (χ1v) is 15.6. The van der Waals surface area contributed by atoms with Gasteiger partial charge >= 0.3 is 0 Å². The summed E-state index contributed by atoms with van der Waals surface area (Å²) in [6, 6.07) is 21.8. The zero-order valence-electron chi connectivity index (χ0n) is 24.9. The van der Waals surface area contributed by atoms with E-state index < -0.39 is 6.10 Å². The molecule has 4 aliphatic rings. The van der Waals surface area contributed by atoms with Crippen LogP contribution in [0.1, 0.15) is 67.7 Å². The van der Waals surface area contributed by atoms with Crippen molar-refractivity contribution in [2.75, 3.05) is 4.90 Å². The van der Waals surface area contributed by atoms with Crippen LogP contribution in [0.25, 0.3) is 11.6 Å². The minimum Gasteiger partial charge on any atom is -0.479 e. The van der Waals surface area contributed by atoms with Crippen LogP contribution in [-0.2, 0) is 17.6 Å². The van der Waals surface area contributed by atoms with E-state index in [1.54, 1.807) is 6.20 Å². The normalized spacial score (nSPS) is 18.7. The van der Waals surface area contributed by atoms with Gasteiger partial charge in [-0.1, -0.05) is 61.4 Å². The van der Waals surface area contributed by atoms with Crippen molar-refractivity contribution in [2.24, 2.45) is 0 Å². The highest BCUT2D eigenvalue weighted by Gasteiger charge is 2.37. The third-order valence-corrected chi connectivity index (χ3v) is 9.31. The predicted molar refractivity (Wildman–Crippen MR) is 169 cm³/mol. The van der Waals surface area contributed by atoms with Crippen LogP contribution >= 0.6 is 0 Å².